The molecule has 0 bridgehead atoms. The molecule has 1 aliphatic carbocycles. The summed E-state index contributed by atoms with van der Waals surface area (Å²) in [5.41, 5.74) is 4.44. The lowest BCUT2D eigenvalue weighted by molar-refractivity contribution is 0.127. The summed E-state index contributed by atoms with van der Waals surface area (Å²) < 4.78 is 0. The number of hydrogen-bond donors (Lipinski definition) is 0. The van der Waals surface area contributed by atoms with Gasteiger partial charge < -0.3 is 4.90 Å². The minimum Gasteiger partial charge on any atom is -0.339 e. The first kappa shape index (κ1) is 17.4. The van der Waals surface area contributed by atoms with E-state index in [-0.39, 0.29) is 6.29 Å². The van der Waals surface area contributed by atoms with Crippen molar-refractivity contribution in [1.29, 1.82) is 0 Å². The zero-order valence-electron chi connectivity index (χ0n) is 16.4. The molecule has 144 valence electrons. The Morgan fingerprint density at radius 2 is 1.81 bits per heavy atom. The molecule has 0 radical (unpaired) electrons. The summed E-state index contributed by atoms with van der Waals surface area (Å²) in [6, 6.07) is 10.8. The molecule has 4 nitrogen and oxygen atoms in total. The number of aliphatic imine (C=N–C) groups is 1. The molecule has 3 heterocycles. The van der Waals surface area contributed by atoms with Crippen LogP contribution >= 0.6 is 0 Å². The molecule has 0 amide bonds. The second-order valence-electron chi connectivity index (χ2n) is 8.74. The van der Waals surface area contributed by atoms with Crippen molar-refractivity contribution in [3.05, 3.63) is 47.2 Å². The van der Waals surface area contributed by atoms with Gasteiger partial charge in [0, 0.05) is 63.2 Å². The fourth-order valence-electron chi connectivity index (χ4n) is 5.41. The molecule has 27 heavy (non-hydrogen) atoms. The molecule has 3 aliphatic heterocycles. The van der Waals surface area contributed by atoms with E-state index in [4.69, 9.17) is 4.99 Å². The minimum absolute atomic E-state index is 0.284. The summed E-state index contributed by atoms with van der Waals surface area (Å²) in [5, 5.41) is 0. The SMILES string of the molecule is C1=NC2N(CC3CCCCC3)CCN2C2=C1CN(Cc1ccccc1)CC2. The van der Waals surface area contributed by atoms with Crippen molar-refractivity contribution in [2.24, 2.45) is 10.9 Å². The Kier molecular flexibility index (Phi) is 5.02. The van der Waals surface area contributed by atoms with Crippen molar-refractivity contribution in [1.82, 2.24) is 14.7 Å². The van der Waals surface area contributed by atoms with Gasteiger partial charge in [-0.3, -0.25) is 14.8 Å². The largest absolute Gasteiger partial charge is 0.339 e. The van der Waals surface area contributed by atoms with Gasteiger partial charge in [-0.2, -0.15) is 0 Å². The second kappa shape index (κ2) is 7.76. The van der Waals surface area contributed by atoms with Gasteiger partial charge in [0.15, 0.2) is 6.29 Å². The Morgan fingerprint density at radius 3 is 2.67 bits per heavy atom. The van der Waals surface area contributed by atoms with Crippen LogP contribution in [0.2, 0.25) is 0 Å². The maximum Gasteiger partial charge on any atom is 0.178 e. The molecule has 1 saturated heterocycles. The fraction of sp³-hybridized carbons (Fsp3) is 0.609. The molecule has 0 N–H and O–H groups in total. The molecular weight excluding hydrogens is 332 g/mol. The smallest absolute Gasteiger partial charge is 0.178 e. The van der Waals surface area contributed by atoms with E-state index in [0.717, 1.165) is 32.1 Å². The molecule has 0 spiro atoms. The highest BCUT2D eigenvalue weighted by molar-refractivity contribution is 5.81. The first-order valence-corrected chi connectivity index (χ1v) is 10.9. The summed E-state index contributed by atoms with van der Waals surface area (Å²) in [6.45, 7) is 6.84. The van der Waals surface area contributed by atoms with E-state index in [2.05, 4.69) is 51.2 Å². The Hall–Kier alpha value is -1.65. The van der Waals surface area contributed by atoms with Crippen LogP contribution in [0.4, 0.5) is 0 Å². The van der Waals surface area contributed by atoms with Gasteiger partial charge in [-0.15, -0.1) is 0 Å². The average molecular weight is 365 g/mol. The molecule has 4 heteroatoms. The van der Waals surface area contributed by atoms with Gasteiger partial charge in [-0.1, -0.05) is 49.6 Å². The van der Waals surface area contributed by atoms with Crippen molar-refractivity contribution in [3.63, 3.8) is 0 Å². The Labute approximate surface area is 163 Å². The normalized spacial score (nSPS) is 27.1. The third kappa shape index (κ3) is 3.70. The summed E-state index contributed by atoms with van der Waals surface area (Å²) in [7, 11) is 0. The van der Waals surface area contributed by atoms with Crippen LogP contribution < -0.4 is 0 Å². The lowest BCUT2D eigenvalue weighted by Gasteiger charge is -2.40. The van der Waals surface area contributed by atoms with Crippen LogP contribution in [-0.4, -0.2) is 59.9 Å². The van der Waals surface area contributed by atoms with Crippen molar-refractivity contribution >= 4 is 6.21 Å². The van der Waals surface area contributed by atoms with Crippen LogP contribution in [0.1, 0.15) is 44.1 Å². The molecule has 1 saturated carbocycles. The van der Waals surface area contributed by atoms with Gasteiger partial charge in [-0.05, 0) is 24.3 Å². The fourth-order valence-corrected chi connectivity index (χ4v) is 5.41. The van der Waals surface area contributed by atoms with E-state index in [1.807, 2.05) is 0 Å². The van der Waals surface area contributed by atoms with E-state index >= 15 is 0 Å². The topological polar surface area (TPSA) is 22.1 Å². The first-order chi connectivity index (χ1) is 13.4. The van der Waals surface area contributed by atoms with E-state index in [1.165, 1.54) is 62.8 Å². The summed E-state index contributed by atoms with van der Waals surface area (Å²) in [6.07, 6.45) is 10.8. The second-order valence-corrected chi connectivity index (χ2v) is 8.74. The summed E-state index contributed by atoms with van der Waals surface area (Å²) in [4.78, 5) is 12.8. The molecular formula is C23H32N4. The highest BCUT2D eigenvalue weighted by Crippen LogP contribution is 2.33. The van der Waals surface area contributed by atoms with Gasteiger partial charge >= 0.3 is 0 Å². The van der Waals surface area contributed by atoms with Gasteiger partial charge in [0.05, 0.1) is 0 Å². The highest BCUT2D eigenvalue weighted by Gasteiger charge is 2.38. The standard InChI is InChI=1S/C23H32N4/c1-3-7-19(8-4-1)16-25-12-11-22-21(18-25)15-24-23-26(13-14-27(22)23)17-20-9-5-2-6-10-20/h1,3-4,7-8,15,20,23H,2,5-6,9-14,16-18H2. The highest BCUT2D eigenvalue weighted by atomic mass is 15.5. The Balaban J connectivity index is 1.23. The third-order valence-corrected chi connectivity index (χ3v) is 6.84. The monoisotopic (exact) mass is 364 g/mol. The van der Waals surface area contributed by atoms with Crippen LogP contribution in [0.5, 0.6) is 0 Å². The molecule has 5 rings (SSSR count). The van der Waals surface area contributed by atoms with E-state index in [1.54, 1.807) is 5.70 Å². The summed E-state index contributed by atoms with van der Waals surface area (Å²) >= 11 is 0. The van der Waals surface area contributed by atoms with E-state index in [0.29, 0.717) is 0 Å². The molecule has 1 unspecified atom stereocenters. The van der Waals surface area contributed by atoms with Gasteiger partial charge in [0.1, 0.15) is 0 Å². The number of hydrogen-bond acceptors (Lipinski definition) is 4. The van der Waals surface area contributed by atoms with Crippen LogP contribution in [0.3, 0.4) is 0 Å². The molecule has 1 atom stereocenters. The Bertz CT molecular complexity index is 704. The number of rotatable bonds is 4. The number of nitrogens with zero attached hydrogens (tertiary/aromatic N) is 4. The lowest BCUT2D eigenvalue weighted by atomic mass is 9.89. The maximum atomic E-state index is 5.01. The Morgan fingerprint density at radius 1 is 0.963 bits per heavy atom. The first-order valence-electron chi connectivity index (χ1n) is 10.9. The predicted molar refractivity (Wildman–Crippen MR) is 110 cm³/mol. The zero-order valence-corrected chi connectivity index (χ0v) is 16.4. The average Bonchev–Trinajstić information content (AvgIpc) is 3.12. The minimum atomic E-state index is 0.284. The molecule has 1 aromatic rings. The third-order valence-electron chi connectivity index (χ3n) is 6.84. The quantitative estimate of drug-likeness (QED) is 0.813. The lowest BCUT2D eigenvalue weighted by Crippen LogP contribution is -2.45. The molecule has 0 aromatic heterocycles. The van der Waals surface area contributed by atoms with Crippen LogP contribution in [0.15, 0.2) is 46.6 Å². The summed E-state index contributed by atoms with van der Waals surface area (Å²) in [5.74, 6) is 0.900. The van der Waals surface area contributed by atoms with Crippen LogP contribution in [-0.2, 0) is 6.54 Å². The van der Waals surface area contributed by atoms with Gasteiger partial charge in [-0.25, -0.2) is 0 Å². The van der Waals surface area contributed by atoms with Gasteiger partial charge in [0.25, 0.3) is 0 Å². The van der Waals surface area contributed by atoms with Crippen molar-refractivity contribution in [3.8, 4) is 0 Å². The van der Waals surface area contributed by atoms with E-state index in [9.17, 15) is 0 Å². The van der Waals surface area contributed by atoms with Crippen molar-refractivity contribution in [2.45, 2.75) is 51.4 Å². The maximum absolute atomic E-state index is 5.01. The molecule has 4 aliphatic rings. The zero-order chi connectivity index (χ0) is 18.1. The van der Waals surface area contributed by atoms with E-state index < -0.39 is 0 Å². The predicted octanol–water partition coefficient (Wildman–Crippen LogP) is 3.71. The van der Waals surface area contributed by atoms with Crippen molar-refractivity contribution < 1.29 is 0 Å². The van der Waals surface area contributed by atoms with Crippen molar-refractivity contribution in [2.75, 3.05) is 32.7 Å². The van der Waals surface area contributed by atoms with Crippen LogP contribution in [0.25, 0.3) is 0 Å². The van der Waals surface area contributed by atoms with Crippen LogP contribution in [0, 0.1) is 5.92 Å². The van der Waals surface area contributed by atoms with Gasteiger partial charge in [0.2, 0.25) is 0 Å². The number of benzene rings is 1. The molecule has 2 fully saturated rings. The molecule has 1 aromatic carbocycles. The number of fused-ring (bicyclic) bond motifs is 2.